The molecule has 0 spiro atoms. The second kappa shape index (κ2) is 7.97. The Morgan fingerprint density at radius 3 is 2.42 bits per heavy atom. The number of rotatable bonds is 4. The summed E-state index contributed by atoms with van der Waals surface area (Å²) in [5.74, 6) is 0.0802. The van der Waals surface area contributed by atoms with Gasteiger partial charge in [0.1, 0.15) is 0 Å². The molecular formula is C20H20BrN2O+. The van der Waals surface area contributed by atoms with Crippen molar-refractivity contribution in [3.8, 4) is 11.3 Å². The zero-order valence-electron chi connectivity index (χ0n) is 13.8. The van der Waals surface area contributed by atoms with E-state index < -0.39 is 0 Å². The van der Waals surface area contributed by atoms with Crippen LogP contribution < -0.4 is 4.57 Å². The smallest absolute Gasteiger partial charge is 0.287 e. The van der Waals surface area contributed by atoms with E-state index in [1.807, 2.05) is 47.2 Å². The van der Waals surface area contributed by atoms with E-state index in [0.717, 1.165) is 16.8 Å². The first-order valence-corrected chi connectivity index (χ1v) is 7.64. The lowest BCUT2D eigenvalue weighted by Gasteiger charge is -2.04. The topological polar surface area (TPSA) is 33.8 Å². The highest BCUT2D eigenvalue weighted by molar-refractivity contribution is 8.93. The van der Waals surface area contributed by atoms with Gasteiger partial charge in [0.25, 0.3) is 6.33 Å². The fourth-order valence-electron chi connectivity index (χ4n) is 2.62. The SMILES string of the molecule is Br.Cc1ccc(-c2cc[n+](CC(=O)c3ccccc3)cn2)c(C)c1. The predicted octanol–water partition coefficient (Wildman–Crippen LogP) is 4.11. The van der Waals surface area contributed by atoms with Gasteiger partial charge in [0.15, 0.2) is 12.2 Å². The molecule has 4 heteroatoms. The average Bonchev–Trinajstić information content (AvgIpc) is 2.57. The minimum absolute atomic E-state index is 0. The standard InChI is InChI=1S/C20H19N2O.BrH/c1-15-8-9-18(16(2)12-15)19-10-11-22(14-21-19)13-20(23)17-6-4-3-5-7-17;/h3-12,14H,13H2,1-2H3;1H/q+1;. The molecule has 0 saturated heterocycles. The summed E-state index contributed by atoms with van der Waals surface area (Å²) in [5.41, 5.74) is 5.21. The van der Waals surface area contributed by atoms with Crippen LogP contribution in [0.5, 0.6) is 0 Å². The second-order valence-corrected chi connectivity index (χ2v) is 5.73. The van der Waals surface area contributed by atoms with Gasteiger partial charge in [0.2, 0.25) is 5.78 Å². The van der Waals surface area contributed by atoms with Crippen molar-refractivity contribution in [2.45, 2.75) is 20.4 Å². The number of hydrogen-bond donors (Lipinski definition) is 0. The van der Waals surface area contributed by atoms with Gasteiger partial charge < -0.3 is 0 Å². The minimum atomic E-state index is 0. The van der Waals surface area contributed by atoms with E-state index in [2.05, 4.69) is 37.0 Å². The zero-order valence-corrected chi connectivity index (χ0v) is 15.5. The number of benzene rings is 2. The van der Waals surface area contributed by atoms with Crippen LogP contribution in [0, 0.1) is 13.8 Å². The summed E-state index contributed by atoms with van der Waals surface area (Å²) in [6.45, 7) is 4.46. The highest BCUT2D eigenvalue weighted by Gasteiger charge is 2.12. The van der Waals surface area contributed by atoms with Crippen molar-refractivity contribution in [2.24, 2.45) is 0 Å². The summed E-state index contributed by atoms with van der Waals surface area (Å²) in [4.78, 5) is 16.7. The molecule has 1 heterocycles. The molecule has 0 fully saturated rings. The maximum atomic E-state index is 12.2. The third kappa shape index (κ3) is 4.15. The van der Waals surface area contributed by atoms with E-state index in [4.69, 9.17) is 0 Å². The monoisotopic (exact) mass is 383 g/mol. The normalized spacial score (nSPS) is 10.1. The van der Waals surface area contributed by atoms with Crippen LogP contribution in [0.4, 0.5) is 0 Å². The lowest BCUT2D eigenvalue weighted by molar-refractivity contribution is -0.686. The summed E-state index contributed by atoms with van der Waals surface area (Å²) in [6.07, 6.45) is 3.62. The molecule has 3 rings (SSSR count). The maximum absolute atomic E-state index is 12.2. The van der Waals surface area contributed by atoms with Gasteiger partial charge >= 0.3 is 0 Å². The van der Waals surface area contributed by atoms with Gasteiger partial charge in [-0.25, -0.2) is 4.57 Å². The molecule has 0 radical (unpaired) electrons. The molecule has 2 aromatic carbocycles. The molecule has 3 aromatic rings. The van der Waals surface area contributed by atoms with Gasteiger partial charge in [0.05, 0.1) is 6.20 Å². The molecule has 0 aliphatic carbocycles. The Kier molecular flexibility index (Phi) is 5.99. The van der Waals surface area contributed by atoms with E-state index in [1.165, 1.54) is 11.1 Å². The van der Waals surface area contributed by atoms with Crippen LogP contribution in [-0.2, 0) is 6.54 Å². The van der Waals surface area contributed by atoms with Gasteiger partial charge in [-0.15, -0.1) is 17.0 Å². The number of Topliss-reactive ketones (excluding diaryl/α,β-unsaturated/α-hetero) is 1. The molecule has 122 valence electrons. The molecule has 0 bridgehead atoms. The van der Waals surface area contributed by atoms with Crippen molar-refractivity contribution in [1.29, 1.82) is 0 Å². The Hall–Kier alpha value is -2.33. The summed E-state index contributed by atoms with van der Waals surface area (Å²) in [6, 6.07) is 17.6. The van der Waals surface area contributed by atoms with Crippen LogP contribution >= 0.6 is 17.0 Å². The second-order valence-electron chi connectivity index (χ2n) is 5.73. The van der Waals surface area contributed by atoms with Gasteiger partial charge in [-0.1, -0.05) is 54.1 Å². The molecule has 0 unspecified atom stereocenters. The van der Waals surface area contributed by atoms with Gasteiger partial charge in [-0.2, -0.15) is 0 Å². The number of hydrogen-bond acceptors (Lipinski definition) is 2. The molecule has 24 heavy (non-hydrogen) atoms. The largest absolute Gasteiger partial charge is 0.290 e. The molecule has 0 atom stereocenters. The first-order valence-electron chi connectivity index (χ1n) is 7.64. The van der Waals surface area contributed by atoms with Crippen LogP contribution in [-0.4, -0.2) is 10.8 Å². The van der Waals surface area contributed by atoms with Crippen LogP contribution in [0.3, 0.4) is 0 Å². The lowest BCUT2D eigenvalue weighted by atomic mass is 10.0. The number of nitrogens with zero attached hydrogens (tertiary/aromatic N) is 2. The molecule has 0 aliphatic heterocycles. The van der Waals surface area contributed by atoms with Crippen LogP contribution in [0.1, 0.15) is 21.5 Å². The summed E-state index contributed by atoms with van der Waals surface area (Å²) >= 11 is 0. The molecule has 0 amide bonds. The molecule has 0 aliphatic rings. The maximum Gasteiger partial charge on any atom is 0.287 e. The molecule has 0 N–H and O–H groups in total. The van der Waals surface area contributed by atoms with Crippen LogP contribution in [0.15, 0.2) is 67.1 Å². The number of aryl methyl sites for hydroxylation is 2. The molecular weight excluding hydrogens is 364 g/mol. The Morgan fingerprint density at radius 2 is 1.79 bits per heavy atom. The first-order chi connectivity index (χ1) is 11.1. The predicted molar refractivity (Wildman–Crippen MR) is 100 cm³/mol. The zero-order chi connectivity index (χ0) is 16.2. The number of carbonyl (C=O) groups is 1. The minimum Gasteiger partial charge on any atom is -0.290 e. The number of ketones is 1. The Balaban J connectivity index is 0.00000208. The van der Waals surface area contributed by atoms with E-state index in [0.29, 0.717) is 6.54 Å². The van der Waals surface area contributed by atoms with Crippen molar-refractivity contribution in [1.82, 2.24) is 4.98 Å². The van der Waals surface area contributed by atoms with E-state index in [-0.39, 0.29) is 22.8 Å². The van der Waals surface area contributed by atoms with Crippen molar-refractivity contribution >= 4 is 22.8 Å². The fourth-order valence-corrected chi connectivity index (χ4v) is 2.62. The number of aromatic nitrogens is 2. The highest BCUT2D eigenvalue weighted by atomic mass is 79.9. The quantitative estimate of drug-likeness (QED) is 0.501. The van der Waals surface area contributed by atoms with E-state index in [1.54, 1.807) is 6.33 Å². The third-order valence-electron chi connectivity index (χ3n) is 3.85. The summed E-state index contributed by atoms with van der Waals surface area (Å²) in [7, 11) is 0. The number of halogens is 1. The van der Waals surface area contributed by atoms with E-state index in [9.17, 15) is 4.79 Å². The van der Waals surface area contributed by atoms with Crippen molar-refractivity contribution in [3.05, 3.63) is 83.8 Å². The molecule has 3 nitrogen and oxygen atoms in total. The summed E-state index contributed by atoms with van der Waals surface area (Å²) in [5, 5.41) is 0. The molecule has 0 saturated carbocycles. The Labute approximate surface area is 152 Å². The fraction of sp³-hybridized carbons (Fsp3) is 0.150. The number of carbonyl (C=O) groups excluding carboxylic acids is 1. The highest BCUT2D eigenvalue weighted by Crippen LogP contribution is 2.21. The summed E-state index contributed by atoms with van der Waals surface area (Å²) < 4.78 is 1.81. The molecule has 1 aromatic heterocycles. The van der Waals surface area contributed by atoms with Crippen LogP contribution in [0.25, 0.3) is 11.3 Å². The van der Waals surface area contributed by atoms with Gasteiger partial charge in [-0.3, -0.25) is 4.79 Å². The Morgan fingerprint density at radius 1 is 1.04 bits per heavy atom. The van der Waals surface area contributed by atoms with Gasteiger partial charge in [-0.05, 0) is 24.4 Å². The van der Waals surface area contributed by atoms with Crippen molar-refractivity contribution < 1.29 is 9.36 Å². The van der Waals surface area contributed by atoms with Crippen molar-refractivity contribution in [2.75, 3.05) is 0 Å². The average molecular weight is 384 g/mol. The Bertz CT molecular complexity index is 830. The van der Waals surface area contributed by atoms with Crippen LogP contribution in [0.2, 0.25) is 0 Å². The lowest BCUT2D eigenvalue weighted by Crippen LogP contribution is -2.37. The van der Waals surface area contributed by atoms with Crippen molar-refractivity contribution in [3.63, 3.8) is 0 Å². The van der Waals surface area contributed by atoms with Gasteiger partial charge in [0, 0.05) is 17.2 Å². The first kappa shape index (κ1) is 18.0. The third-order valence-corrected chi connectivity index (χ3v) is 3.85. The van der Waals surface area contributed by atoms with E-state index >= 15 is 0 Å².